The van der Waals surface area contributed by atoms with Crippen LogP contribution in [0, 0.1) is 6.92 Å². The van der Waals surface area contributed by atoms with E-state index in [9.17, 15) is 4.79 Å². The summed E-state index contributed by atoms with van der Waals surface area (Å²) < 4.78 is 5.43. The molecule has 8 heteroatoms. The molecule has 1 aromatic carbocycles. The third kappa shape index (κ3) is 6.24. The van der Waals surface area contributed by atoms with Crippen molar-refractivity contribution in [2.75, 3.05) is 26.2 Å². The number of ether oxygens (including phenoxy) is 1. The molecular formula is C17H23Cl2N3O2S. The van der Waals surface area contributed by atoms with Gasteiger partial charge in [0.05, 0.1) is 17.3 Å². The Morgan fingerprint density at radius 3 is 2.72 bits per heavy atom. The summed E-state index contributed by atoms with van der Waals surface area (Å²) in [5, 5.41) is 9.24. The Bertz CT molecular complexity index is 658. The van der Waals surface area contributed by atoms with Crippen molar-refractivity contribution in [1.82, 2.24) is 15.6 Å². The van der Waals surface area contributed by atoms with Crippen LogP contribution < -0.4 is 10.6 Å². The van der Waals surface area contributed by atoms with Gasteiger partial charge in [0.25, 0.3) is 0 Å². The lowest BCUT2D eigenvalue weighted by molar-refractivity contribution is -0.134. The smallest absolute Gasteiger partial charge is 0.250 e. The first-order chi connectivity index (χ1) is 11.2. The van der Waals surface area contributed by atoms with E-state index >= 15 is 0 Å². The van der Waals surface area contributed by atoms with Crippen molar-refractivity contribution in [2.24, 2.45) is 0 Å². The SMILES string of the molecule is Cc1nc(-c2ccc(CCNC(=O)C3CNCCO3)cc2)cs1.Cl.Cl. The average Bonchev–Trinajstić information content (AvgIpc) is 3.03. The van der Waals surface area contributed by atoms with Crippen LogP contribution in [0.4, 0.5) is 0 Å². The second kappa shape index (κ2) is 10.7. The molecule has 1 unspecified atom stereocenters. The van der Waals surface area contributed by atoms with Crippen LogP contribution in [0.1, 0.15) is 10.6 Å². The van der Waals surface area contributed by atoms with Gasteiger partial charge in [-0.25, -0.2) is 4.98 Å². The second-order valence-corrected chi connectivity index (χ2v) is 6.62. The number of amides is 1. The molecule has 1 aliphatic heterocycles. The Kier molecular flexibility index (Phi) is 9.38. The molecule has 25 heavy (non-hydrogen) atoms. The Morgan fingerprint density at radius 1 is 1.36 bits per heavy atom. The number of rotatable bonds is 5. The highest BCUT2D eigenvalue weighted by molar-refractivity contribution is 7.09. The highest BCUT2D eigenvalue weighted by Crippen LogP contribution is 2.21. The Hall–Kier alpha value is -1.18. The molecule has 138 valence electrons. The monoisotopic (exact) mass is 403 g/mol. The minimum atomic E-state index is -0.362. The second-order valence-electron chi connectivity index (χ2n) is 5.55. The van der Waals surface area contributed by atoms with Gasteiger partial charge in [-0.1, -0.05) is 24.3 Å². The topological polar surface area (TPSA) is 63.2 Å². The summed E-state index contributed by atoms with van der Waals surface area (Å²) in [4.78, 5) is 16.4. The zero-order chi connectivity index (χ0) is 16.1. The molecule has 1 atom stereocenters. The molecule has 2 aromatic rings. The van der Waals surface area contributed by atoms with Crippen molar-refractivity contribution < 1.29 is 9.53 Å². The van der Waals surface area contributed by atoms with Gasteiger partial charge in [0.1, 0.15) is 6.10 Å². The number of morpholine rings is 1. The highest BCUT2D eigenvalue weighted by Gasteiger charge is 2.20. The van der Waals surface area contributed by atoms with E-state index < -0.39 is 0 Å². The largest absolute Gasteiger partial charge is 0.366 e. The number of halogens is 2. The summed E-state index contributed by atoms with van der Waals surface area (Å²) in [6.45, 7) is 4.63. The van der Waals surface area contributed by atoms with Crippen molar-refractivity contribution in [3.05, 3.63) is 40.2 Å². The minimum absolute atomic E-state index is 0. The standard InChI is InChI=1S/C17H21N3O2S.2ClH/c1-12-20-15(11-23-12)14-4-2-13(3-5-14)6-7-19-17(21)16-10-18-8-9-22-16;;/h2-5,11,16,18H,6-10H2,1H3,(H,19,21);2*1H. The van der Waals surface area contributed by atoms with E-state index in [-0.39, 0.29) is 36.8 Å². The molecule has 0 aliphatic carbocycles. The molecular weight excluding hydrogens is 381 g/mol. The first-order valence-electron chi connectivity index (χ1n) is 7.84. The number of thiazole rings is 1. The lowest BCUT2D eigenvalue weighted by Gasteiger charge is -2.22. The van der Waals surface area contributed by atoms with E-state index in [1.165, 1.54) is 5.56 Å². The summed E-state index contributed by atoms with van der Waals surface area (Å²) in [7, 11) is 0. The number of nitrogens with zero attached hydrogens (tertiary/aromatic N) is 1. The van der Waals surface area contributed by atoms with Gasteiger partial charge < -0.3 is 15.4 Å². The summed E-state index contributed by atoms with van der Waals surface area (Å²) in [6, 6.07) is 8.35. The zero-order valence-electron chi connectivity index (χ0n) is 14.0. The van der Waals surface area contributed by atoms with Crippen LogP contribution in [-0.4, -0.2) is 43.2 Å². The van der Waals surface area contributed by atoms with Crippen LogP contribution >= 0.6 is 36.2 Å². The Balaban J connectivity index is 0.00000156. The minimum Gasteiger partial charge on any atom is -0.366 e. The lowest BCUT2D eigenvalue weighted by Crippen LogP contribution is -2.48. The van der Waals surface area contributed by atoms with Crippen LogP contribution in [0.2, 0.25) is 0 Å². The average molecular weight is 404 g/mol. The van der Waals surface area contributed by atoms with Gasteiger partial charge in [-0.2, -0.15) is 0 Å². The number of benzene rings is 1. The molecule has 3 rings (SSSR count). The van der Waals surface area contributed by atoms with Crippen LogP contribution in [0.15, 0.2) is 29.6 Å². The Labute approximate surface area is 164 Å². The third-order valence-corrected chi connectivity index (χ3v) is 4.58. The zero-order valence-corrected chi connectivity index (χ0v) is 16.4. The quantitative estimate of drug-likeness (QED) is 0.804. The fraction of sp³-hybridized carbons (Fsp3) is 0.412. The molecule has 1 aromatic heterocycles. The Morgan fingerprint density at radius 2 is 2.12 bits per heavy atom. The summed E-state index contributed by atoms with van der Waals surface area (Å²) in [5.41, 5.74) is 3.35. The first kappa shape index (κ1) is 21.9. The third-order valence-electron chi connectivity index (χ3n) is 3.80. The van der Waals surface area contributed by atoms with Crippen LogP contribution in [0.3, 0.4) is 0 Å². The highest BCUT2D eigenvalue weighted by atomic mass is 35.5. The van der Waals surface area contributed by atoms with Crippen molar-refractivity contribution in [1.29, 1.82) is 0 Å². The predicted octanol–water partition coefficient (Wildman–Crippen LogP) is 2.61. The molecule has 1 aliphatic rings. The first-order valence-corrected chi connectivity index (χ1v) is 8.72. The van der Waals surface area contributed by atoms with E-state index in [0.29, 0.717) is 19.7 Å². The molecule has 0 saturated carbocycles. The number of carbonyl (C=O) groups excluding carboxylic acids is 1. The van der Waals surface area contributed by atoms with Crippen molar-refractivity contribution in [3.8, 4) is 11.3 Å². The predicted molar refractivity (Wildman–Crippen MR) is 106 cm³/mol. The van der Waals surface area contributed by atoms with Gasteiger partial charge in [-0.3, -0.25) is 4.79 Å². The normalized spacial score (nSPS) is 16.4. The number of aryl methyl sites for hydroxylation is 1. The van der Waals surface area contributed by atoms with Crippen molar-refractivity contribution in [3.63, 3.8) is 0 Å². The van der Waals surface area contributed by atoms with E-state index in [4.69, 9.17) is 4.74 Å². The molecule has 2 N–H and O–H groups in total. The fourth-order valence-electron chi connectivity index (χ4n) is 2.52. The van der Waals surface area contributed by atoms with E-state index in [2.05, 4.69) is 45.3 Å². The lowest BCUT2D eigenvalue weighted by atomic mass is 10.1. The van der Waals surface area contributed by atoms with Gasteiger partial charge >= 0.3 is 0 Å². The van der Waals surface area contributed by atoms with E-state index in [1.807, 2.05) is 6.92 Å². The molecule has 2 heterocycles. The van der Waals surface area contributed by atoms with Gasteiger partial charge in [0.2, 0.25) is 5.91 Å². The molecule has 1 amide bonds. The summed E-state index contributed by atoms with van der Waals surface area (Å²) >= 11 is 1.66. The number of aromatic nitrogens is 1. The van der Waals surface area contributed by atoms with Gasteiger partial charge in [-0.05, 0) is 18.9 Å². The number of nitrogens with one attached hydrogen (secondary N) is 2. The van der Waals surface area contributed by atoms with E-state index in [0.717, 1.165) is 29.2 Å². The number of hydrogen-bond donors (Lipinski definition) is 2. The van der Waals surface area contributed by atoms with Crippen LogP contribution in [0.5, 0.6) is 0 Å². The summed E-state index contributed by atoms with van der Waals surface area (Å²) in [6.07, 6.45) is 0.446. The summed E-state index contributed by atoms with van der Waals surface area (Å²) in [5.74, 6) is -0.0354. The van der Waals surface area contributed by atoms with Gasteiger partial charge in [0, 0.05) is 30.6 Å². The maximum absolute atomic E-state index is 11.9. The molecule has 0 radical (unpaired) electrons. The molecule has 0 bridgehead atoms. The maximum Gasteiger partial charge on any atom is 0.250 e. The molecule has 1 fully saturated rings. The van der Waals surface area contributed by atoms with E-state index in [1.54, 1.807) is 11.3 Å². The van der Waals surface area contributed by atoms with Crippen molar-refractivity contribution in [2.45, 2.75) is 19.4 Å². The molecule has 1 saturated heterocycles. The molecule has 0 spiro atoms. The maximum atomic E-state index is 11.9. The van der Waals surface area contributed by atoms with Crippen molar-refractivity contribution >= 4 is 42.1 Å². The fourth-order valence-corrected chi connectivity index (χ4v) is 3.14. The molecule has 5 nitrogen and oxygen atoms in total. The van der Waals surface area contributed by atoms with Gasteiger partial charge in [0.15, 0.2) is 0 Å². The number of carbonyl (C=O) groups is 1. The van der Waals surface area contributed by atoms with Gasteiger partial charge in [-0.15, -0.1) is 36.2 Å². The van der Waals surface area contributed by atoms with Crippen LogP contribution in [-0.2, 0) is 16.0 Å². The van der Waals surface area contributed by atoms with Crippen LogP contribution in [0.25, 0.3) is 11.3 Å². The number of hydrogen-bond acceptors (Lipinski definition) is 5.